The zero-order chi connectivity index (χ0) is 8.72. The van der Waals surface area contributed by atoms with Gasteiger partial charge >= 0.3 is 0 Å². The van der Waals surface area contributed by atoms with E-state index < -0.39 is 0 Å². The fourth-order valence-corrected chi connectivity index (χ4v) is 1.25. The summed E-state index contributed by atoms with van der Waals surface area (Å²) in [5.41, 5.74) is 12.6. The highest BCUT2D eigenvalue weighted by molar-refractivity contribution is 5.98. The number of nitrogens with zero attached hydrogens (tertiary/aromatic N) is 2. The maximum Gasteiger partial charge on any atom is 0.157 e. The lowest BCUT2D eigenvalue weighted by Crippen LogP contribution is -2.09. The van der Waals surface area contributed by atoms with E-state index in [1.54, 1.807) is 6.07 Å². The van der Waals surface area contributed by atoms with Crippen LogP contribution in [-0.2, 0) is 0 Å². The van der Waals surface area contributed by atoms with Crippen molar-refractivity contribution in [1.29, 1.82) is 0 Å². The van der Waals surface area contributed by atoms with Crippen molar-refractivity contribution in [3.8, 4) is 0 Å². The van der Waals surface area contributed by atoms with Crippen molar-refractivity contribution in [2.24, 2.45) is 0 Å². The van der Waals surface area contributed by atoms with Crippen LogP contribution in [0.4, 0.5) is 11.5 Å². The molecule has 62 valence electrons. The normalized spacial score (nSPS) is 10.7. The second-order valence-corrected chi connectivity index (χ2v) is 2.57. The second kappa shape index (κ2) is 2.04. The van der Waals surface area contributed by atoms with Crippen LogP contribution in [0.15, 0.2) is 18.2 Å². The van der Waals surface area contributed by atoms with E-state index in [4.69, 9.17) is 17.3 Å². The van der Waals surface area contributed by atoms with Gasteiger partial charge in [0.05, 0.1) is 10.9 Å². The van der Waals surface area contributed by atoms with Crippen molar-refractivity contribution in [3.63, 3.8) is 0 Å². The van der Waals surface area contributed by atoms with Crippen LogP contribution in [0.1, 0.15) is 0 Å². The standard InChI is InChI=1S/C7H9N5/c8-4-2-1-3-5-6(4)7(9)11-12(5)10/h1-3H,8,10H2,(H2,9,11). The molecular formula is C7H9N5. The molecule has 1 aromatic carbocycles. The molecule has 0 aliphatic heterocycles. The number of nitrogens with two attached hydrogens (primary N) is 3. The molecule has 12 heavy (non-hydrogen) atoms. The Morgan fingerprint density at radius 3 is 2.67 bits per heavy atom. The molecule has 1 heterocycles. The van der Waals surface area contributed by atoms with Crippen LogP contribution in [0, 0.1) is 0 Å². The molecular weight excluding hydrogens is 154 g/mol. The molecule has 6 N–H and O–H groups in total. The van der Waals surface area contributed by atoms with Gasteiger partial charge in [-0.15, -0.1) is 5.10 Å². The number of hydrogen-bond donors (Lipinski definition) is 3. The Labute approximate surface area is 68.7 Å². The summed E-state index contributed by atoms with van der Waals surface area (Å²) >= 11 is 0. The lowest BCUT2D eigenvalue weighted by atomic mass is 10.2. The first-order valence-electron chi connectivity index (χ1n) is 3.48. The van der Waals surface area contributed by atoms with Gasteiger partial charge in [0.2, 0.25) is 0 Å². The fourth-order valence-electron chi connectivity index (χ4n) is 1.25. The third-order valence-electron chi connectivity index (χ3n) is 1.79. The van der Waals surface area contributed by atoms with Gasteiger partial charge in [0.15, 0.2) is 5.82 Å². The molecule has 0 atom stereocenters. The van der Waals surface area contributed by atoms with E-state index in [0.29, 0.717) is 11.5 Å². The molecule has 0 spiro atoms. The van der Waals surface area contributed by atoms with Crippen molar-refractivity contribution >= 4 is 22.4 Å². The third-order valence-corrected chi connectivity index (χ3v) is 1.79. The van der Waals surface area contributed by atoms with Crippen LogP contribution in [0.5, 0.6) is 0 Å². The number of hydrogen-bond acceptors (Lipinski definition) is 4. The maximum atomic E-state index is 5.68. The summed E-state index contributed by atoms with van der Waals surface area (Å²) in [6, 6.07) is 5.39. The fraction of sp³-hybridized carbons (Fsp3) is 0. The molecule has 0 fully saturated rings. The number of anilines is 2. The molecule has 0 radical (unpaired) electrons. The van der Waals surface area contributed by atoms with Crippen LogP contribution < -0.4 is 17.3 Å². The first kappa shape index (κ1) is 6.78. The summed E-state index contributed by atoms with van der Waals surface area (Å²) in [6.07, 6.45) is 0. The van der Waals surface area contributed by atoms with E-state index in [9.17, 15) is 0 Å². The topological polar surface area (TPSA) is 95.9 Å². The molecule has 5 nitrogen and oxygen atoms in total. The lowest BCUT2D eigenvalue weighted by Gasteiger charge is -1.95. The molecule has 0 saturated carbocycles. The molecule has 0 aliphatic rings. The maximum absolute atomic E-state index is 5.68. The summed E-state index contributed by atoms with van der Waals surface area (Å²) < 4.78 is 0. The molecule has 0 amide bonds. The number of nitrogen functional groups attached to an aromatic ring is 3. The largest absolute Gasteiger partial charge is 0.398 e. The Morgan fingerprint density at radius 1 is 1.25 bits per heavy atom. The third kappa shape index (κ3) is 0.701. The highest BCUT2D eigenvalue weighted by atomic mass is 15.5. The Morgan fingerprint density at radius 2 is 2.00 bits per heavy atom. The van der Waals surface area contributed by atoms with E-state index in [0.717, 1.165) is 10.9 Å². The van der Waals surface area contributed by atoms with Gasteiger partial charge in [-0.2, -0.15) is 4.79 Å². The molecule has 2 aromatic rings. The smallest absolute Gasteiger partial charge is 0.157 e. The Bertz CT molecular complexity index is 431. The first-order valence-corrected chi connectivity index (χ1v) is 3.48. The minimum atomic E-state index is 0.366. The van der Waals surface area contributed by atoms with Gasteiger partial charge in [0, 0.05) is 5.69 Å². The molecule has 0 saturated heterocycles. The van der Waals surface area contributed by atoms with Crippen LogP contribution in [0.3, 0.4) is 0 Å². The predicted octanol–water partition coefficient (Wildman–Crippen LogP) is -0.0855. The molecule has 0 aliphatic carbocycles. The quantitative estimate of drug-likeness (QED) is 0.373. The van der Waals surface area contributed by atoms with Crippen LogP contribution in [0.2, 0.25) is 0 Å². The second-order valence-electron chi connectivity index (χ2n) is 2.57. The van der Waals surface area contributed by atoms with Gasteiger partial charge in [-0.1, -0.05) is 6.07 Å². The predicted molar refractivity (Wildman–Crippen MR) is 48.7 cm³/mol. The minimum Gasteiger partial charge on any atom is -0.398 e. The average molecular weight is 163 g/mol. The van der Waals surface area contributed by atoms with E-state index in [-0.39, 0.29) is 0 Å². The van der Waals surface area contributed by atoms with Gasteiger partial charge in [-0.25, -0.2) is 0 Å². The van der Waals surface area contributed by atoms with Crippen molar-refractivity contribution in [3.05, 3.63) is 18.2 Å². The SMILES string of the molecule is Nc1cccc2c1c(N)nn2N. The highest BCUT2D eigenvalue weighted by Crippen LogP contribution is 2.24. The van der Waals surface area contributed by atoms with Gasteiger partial charge in [-0.3, -0.25) is 0 Å². The van der Waals surface area contributed by atoms with Crippen molar-refractivity contribution in [1.82, 2.24) is 9.89 Å². The Kier molecular flexibility index (Phi) is 1.15. The van der Waals surface area contributed by atoms with Gasteiger partial charge in [-0.05, 0) is 12.1 Å². The molecule has 2 rings (SSSR count). The van der Waals surface area contributed by atoms with Crippen molar-refractivity contribution < 1.29 is 0 Å². The van der Waals surface area contributed by atoms with Crippen LogP contribution in [0.25, 0.3) is 10.9 Å². The lowest BCUT2D eigenvalue weighted by molar-refractivity contribution is 0.868. The van der Waals surface area contributed by atoms with Gasteiger partial charge in [0.1, 0.15) is 0 Å². The average Bonchev–Trinajstić information content (AvgIpc) is 2.29. The number of rotatable bonds is 0. The van der Waals surface area contributed by atoms with E-state index >= 15 is 0 Å². The van der Waals surface area contributed by atoms with E-state index in [1.807, 2.05) is 12.1 Å². The Balaban J connectivity index is 2.99. The first-order chi connectivity index (χ1) is 5.70. The van der Waals surface area contributed by atoms with Crippen LogP contribution in [-0.4, -0.2) is 9.89 Å². The number of fused-ring (bicyclic) bond motifs is 1. The van der Waals surface area contributed by atoms with E-state index in [2.05, 4.69) is 5.10 Å². The monoisotopic (exact) mass is 163 g/mol. The van der Waals surface area contributed by atoms with Gasteiger partial charge in [0.25, 0.3) is 0 Å². The summed E-state index contributed by atoms with van der Waals surface area (Å²) in [7, 11) is 0. The Hall–Kier alpha value is -1.91. The summed E-state index contributed by atoms with van der Waals surface area (Å²) in [6.45, 7) is 0. The van der Waals surface area contributed by atoms with E-state index in [1.165, 1.54) is 4.79 Å². The van der Waals surface area contributed by atoms with Crippen molar-refractivity contribution in [2.75, 3.05) is 17.3 Å². The molecule has 0 unspecified atom stereocenters. The van der Waals surface area contributed by atoms with Gasteiger partial charge < -0.3 is 17.3 Å². The van der Waals surface area contributed by atoms with Crippen molar-refractivity contribution in [2.45, 2.75) is 0 Å². The summed E-state index contributed by atoms with van der Waals surface area (Å²) in [4.78, 5) is 1.22. The molecule has 0 bridgehead atoms. The molecule has 1 aromatic heterocycles. The number of aromatic nitrogens is 2. The molecule has 5 heteroatoms. The van der Waals surface area contributed by atoms with Crippen LogP contribution >= 0.6 is 0 Å². The minimum absolute atomic E-state index is 0.366. The summed E-state index contributed by atoms with van der Waals surface area (Å²) in [5, 5.41) is 4.57. The zero-order valence-electron chi connectivity index (χ0n) is 6.36. The summed E-state index contributed by atoms with van der Waals surface area (Å²) in [5.74, 6) is 5.88. The zero-order valence-corrected chi connectivity index (χ0v) is 6.36. The highest BCUT2D eigenvalue weighted by Gasteiger charge is 2.07. The number of benzene rings is 1.